The molecule has 0 spiro atoms. The summed E-state index contributed by atoms with van der Waals surface area (Å²) in [5.74, 6) is -0.702. The fraction of sp³-hybridized carbons (Fsp3) is 0.300. The monoisotopic (exact) mass is 387 g/mol. The molecule has 1 N–H and O–H groups in total. The van der Waals surface area contributed by atoms with Crippen molar-refractivity contribution in [2.75, 3.05) is 10.2 Å². The minimum atomic E-state index is -0.740. The molecule has 142 valence electrons. The molecule has 0 unspecified atom stereocenters. The highest BCUT2D eigenvalue weighted by atomic mass is 35.5. The first-order valence-electron chi connectivity index (χ1n) is 8.49. The topological polar surface area (TPSA) is 79.4 Å². The Morgan fingerprint density at radius 2 is 1.93 bits per heavy atom. The van der Waals surface area contributed by atoms with Crippen LogP contribution in [-0.2, 0) is 9.59 Å². The molecule has 1 aromatic heterocycles. The molecule has 0 aliphatic carbocycles. The summed E-state index contributed by atoms with van der Waals surface area (Å²) in [6.07, 6.45) is 1.98. The second-order valence-corrected chi connectivity index (χ2v) is 7.40. The Hall–Kier alpha value is -2.73. The van der Waals surface area contributed by atoms with Crippen LogP contribution in [0.2, 0.25) is 5.02 Å². The van der Waals surface area contributed by atoms with Gasteiger partial charge in [0, 0.05) is 17.3 Å². The van der Waals surface area contributed by atoms with E-state index in [0.29, 0.717) is 12.1 Å². The van der Waals surface area contributed by atoms with E-state index in [-0.39, 0.29) is 34.1 Å². The predicted octanol–water partition coefficient (Wildman–Crippen LogP) is 4.16. The van der Waals surface area contributed by atoms with Crippen LogP contribution < -0.4 is 10.2 Å². The first-order valence-corrected chi connectivity index (χ1v) is 8.87. The van der Waals surface area contributed by atoms with Crippen molar-refractivity contribution in [2.45, 2.75) is 27.7 Å². The summed E-state index contributed by atoms with van der Waals surface area (Å²) in [5, 5.41) is 2.86. The largest absolute Gasteiger partial charge is 0.321 e. The number of rotatable bonds is 6. The average molecular weight is 388 g/mol. The number of anilines is 2. The zero-order valence-electron chi connectivity index (χ0n) is 15.7. The molecule has 0 radical (unpaired) electrons. The van der Waals surface area contributed by atoms with E-state index in [1.807, 2.05) is 13.8 Å². The van der Waals surface area contributed by atoms with Crippen LogP contribution >= 0.6 is 11.6 Å². The molecule has 2 rings (SSSR count). The number of nitrogens with zero attached hydrogens (tertiary/aromatic N) is 2. The van der Waals surface area contributed by atoms with Crippen molar-refractivity contribution in [1.82, 2.24) is 4.98 Å². The Bertz CT molecular complexity index is 851. The van der Waals surface area contributed by atoms with Gasteiger partial charge >= 0.3 is 0 Å². The number of nitrogens with one attached hydrogen (secondary N) is 1. The van der Waals surface area contributed by atoms with E-state index in [1.54, 1.807) is 38.1 Å². The molecule has 0 saturated carbocycles. The third-order valence-electron chi connectivity index (χ3n) is 4.68. The van der Waals surface area contributed by atoms with E-state index in [1.165, 1.54) is 18.3 Å². The summed E-state index contributed by atoms with van der Waals surface area (Å²) in [5.41, 5.74) is 0.221. The third kappa shape index (κ3) is 4.52. The summed E-state index contributed by atoms with van der Waals surface area (Å²) in [4.78, 5) is 41.5. The average Bonchev–Trinajstić information content (AvgIpc) is 2.64. The lowest BCUT2D eigenvalue weighted by Crippen LogP contribution is -2.43. The second kappa shape index (κ2) is 8.31. The Morgan fingerprint density at radius 1 is 1.22 bits per heavy atom. The molecule has 1 aromatic carbocycles. The van der Waals surface area contributed by atoms with Crippen LogP contribution in [0.15, 0.2) is 42.6 Å². The summed E-state index contributed by atoms with van der Waals surface area (Å²) < 4.78 is 0. The standard InChI is InChI=1S/C20H22ClN3O3/c1-13(2)20(3,4)19(27)24(12-25)17-9-8-14(11-15(17)21)23-18(26)16-7-5-6-10-22-16/h5-13H,1-4H3,(H,23,26). The molecule has 2 aromatic rings. The van der Waals surface area contributed by atoms with Gasteiger partial charge in [-0.1, -0.05) is 45.4 Å². The Labute approximate surface area is 163 Å². The number of halogens is 1. The zero-order chi connectivity index (χ0) is 20.2. The molecule has 0 fully saturated rings. The van der Waals surface area contributed by atoms with Crippen molar-refractivity contribution in [1.29, 1.82) is 0 Å². The fourth-order valence-electron chi connectivity index (χ4n) is 2.24. The number of benzene rings is 1. The van der Waals surface area contributed by atoms with Crippen molar-refractivity contribution in [3.05, 3.63) is 53.3 Å². The van der Waals surface area contributed by atoms with Gasteiger partial charge in [0.1, 0.15) is 5.69 Å². The molecule has 7 heteroatoms. The second-order valence-electron chi connectivity index (χ2n) is 6.99. The third-order valence-corrected chi connectivity index (χ3v) is 4.98. The number of imide groups is 1. The number of amides is 3. The highest BCUT2D eigenvalue weighted by molar-refractivity contribution is 6.35. The molecule has 0 bridgehead atoms. The number of carbonyl (C=O) groups is 3. The maximum absolute atomic E-state index is 12.8. The van der Waals surface area contributed by atoms with Crippen molar-refractivity contribution in [3.63, 3.8) is 0 Å². The summed E-state index contributed by atoms with van der Waals surface area (Å²) in [6, 6.07) is 9.61. The molecule has 0 atom stereocenters. The van der Waals surface area contributed by atoms with Crippen LogP contribution in [0.4, 0.5) is 11.4 Å². The molecular weight excluding hydrogens is 366 g/mol. The smallest absolute Gasteiger partial charge is 0.274 e. The first kappa shape index (κ1) is 20.6. The van der Waals surface area contributed by atoms with E-state index in [2.05, 4.69) is 10.3 Å². The minimum Gasteiger partial charge on any atom is -0.321 e. The van der Waals surface area contributed by atoms with Gasteiger partial charge in [-0.3, -0.25) is 24.3 Å². The van der Waals surface area contributed by atoms with Crippen LogP contribution in [0.3, 0.4) is 0 Å². The highest BCUT2D eigenvalue weighted by Crippen LogP contribution is 2.34. The van der Waals surface area contributed by atoms with E-state index in [9.17, 15) is 14.4 Å². The molecule has 0 aliphatic rings. The maximum atomic E-state index is 12.8. The van der Waals surface area contributed by atoms with Crippen molar-refractivity contribution >= 4 is 41.2 Å². The van der Waals surface area contributed by atoms with Gasteiger partial charge in [-0.25, -0.2) is 0 Å². The molecule has 27 heavy (non-hydrogen) atoms. The molecule has 0 aliphatic heterocycles. The van der Waals surface area contributed by atoms with Gasteiger partial charge in [0.2, 0.25) is 12.3 Å². The van der Waals surface area contributed by atoms with Crippen molar-refractivity contribution in [2.24, 2.45) is 11.3 Å². The molecule has 3 amide bonds. The van der Waals surface area contributed by atoms with Crippen LogP contribution in [0.1, 0.15) is 38.2 Å². The van der Waals surface area contributed by atoms with Gasteiger partial charge in [-0.15, -0.1) is 0 Å². The zero-order valence-corrected chi connectivity index (χ0v) is 16.4. The maximum Gasteiger partial charge on any atom is 0.274 e. The Morgan fingerprint density at radius 3 is 2.44 bits per heavy atom. The normalized spacial score (nSPS) is 11.2. The van der Waals surface area contributed by atoms with Crippen molar-refractivity contribution in [3.8, 4) is 0 Å². The van der Waals surface area contributed by atoms with E-state index in [4.69, 9.17) is 11.6 Å². The van der Waals surface area contributed by atoms with Gasteiger partial charge in [0.25, 0.3) is 5.91 Å². The first-order chi connectivity index (χ1) is 12.7. The number of pyridine rings is 1. The van der Waals surface area contributed by atoms with Gasteiger partial charge < -0.3 is 5.32 Å². The summed E-state index contributed by atoms with van der Waals surface area (Å²) in [6.45, 7) is 7.40. The Kier molecular flexibility index (Phi) is 6.33. The highest BCUT2D eigenvalue weighted by Gasteiger charge is 2.36. The predicted molar refractivity (Wildman–Crippen MR) is 106 cm³/mol. The lowest BCUT2D eigenvalue weighted by molar-refractivity contribution is -0.130. The number of hydrogen-bond acceptors (Lipinski definition) is 4. The summed E-state index contributed by atoms with van der Waals surface area (Å²) in [7, 11) is 0. The van der Waals surface area contributed by atoms with Gasteiger partial charge in [-0.2, -0.15) is 0 Å². The Balaban J connectivity index is 2.26. The van der Waals surface area contributed by atoms with Crippen LogP contribution in [-0.4, -0.2) is 23.2 Å². The van der Waals surface area contributed by atoms with E-state index < -0.39 is 5.41 Å². The van der Waals surface area contributed by atoms with Crippen LogP contribution in [0.5, 0.6) is 0 Å². The van der Waals surface area contributed by atoms with Gasteiger partial charge in [0.15, 0.2) is 0 Å². The summed E-state index contributed by atoms with van der Waals surface area (Å²) >= 11 is 6.29. The van der Waals surface area contributed by atoms with Crippen molar-refractivity contribution < 1.29 is 14.4 Å². The van der Waals surface area contributed by atoms with E-state index in [0.717, 1.165) is 4.90 Å². The van der Waals surface area contributed by atoms with E-state index >= 15 is 0 Å². The van der Waals surface area contributed by atoms with Gasteiger partial charge in [-0.05, 0) is 36.2 Å². The molecule has 0 saturated heterocycles. The van der Waals surface area contributed by atoms with Crippen LogP contribution in [0, 0.1) is 11.3 Å². The minimum absolute atomic E-state index is 0.0307. The number of carbonyl (C=O) groups excluding carboxylic acids is 3. The number of aromatic nitrogens is 1. The lowest BCUT2D eigenvalue weighted by atomic mass is 9.80. The molecular formula is C20H22ClN3O3. The lowest BCUT2D eigenvalue weighted by Gasteiger charge is -2.32. The SMILES string of the molecule is CC(C)C(C)(C)C(=O)N(C=O)c1ccc(NC(=O)c2ccccn2)cc1Cl. The quantitative estimate of drug-likeness (QED) is 0.755. The van der Waals surface area contributed by atoms with Gasteiger partial charge in [0.05, 0.1) is 10.7 Å². The fourth-order valence-corrected chi connectivity index (χ4v) is 2.52. The molecule has 6 nitrogen and oxygen atoms in total. The molecule has 1 heterocycles. The van der Waals surface area contributed by atoms with Crippen LogP contribution in [0.25, 0.3) is 0 Å². The number of hydrogen-bond donors (Lipinski definition) is 1.